The normalized spacial score (nSPS) is 18.2. The molecule has 1 aromatic heterocycles. The number of hydrogen-bond donors (Lipinski definition) is 2. The van der Waals surface area contributed by atoms with Crippen molar-refractivity contribution < 1.29 is 33.4 Å². The molecule has 2 heterocycles. The van der Waals surface area contributed by atoms with Crippen molar-refractivity contribution in [3.05, 3.63) is 23.9 Å². The molecule has 32 heavy (non-hydrogen) atoms. The van der Waals surface area contributed by atoms with E-state index in [0.717, 1.165) is 0 Å². The number of aromatic nitrogens is 1. The van der Waals surface area contributed by atoms with E-state index in [-0.39, 0.29) is 18.3 Å². The van der Waals surface area contributed by atoms with Crippen LogP contribution in [0.5, 0.6) is 0 Å². The number of pyridine rings is 1. The highest BCUT2D eigenvalue weighted by atomic mass is 16.6. The molecule has 1 fully saturated rings. The van der Waals surface area contributed by atoms with Crippen molar-refractivity contribution in [3.8, 4) is 0 Å². The van der Waals surface area contributed by atoms with Gasteiger partial charge in [-0.3, -0.25) is 10.1 Å². The number of amides is 3. The quantitative estimate of drug-likeness (QED) is 0.391. The van der Waals surface area contributed by atoms with Gasteiger partial charge in [0.1, 0.15) is 23.1 Å². The number of anilines is 1. The van der Waals surface area contributed by atoms with Gasteiger partial charge in [-0.1, -0.05) is 0 Å². The number of β-lactam (4-membered cyclic amide) rings is 1. The molecule has 2 N–H and O–H groups in total. The molecule has 1 saturated heterocycles. The maximum Gasteiger partial charge on any atom is 0.425 e. The second kappa shape index (κ2) is 9.51. The topological polar surface area (TPSA) is 136 Å². The van der Waals surface area contributed by atoms with E-state index in [0.29, 0.717) is 10.5 Å². The Kier molecular flexibility index (Phi) is 7.45. The Hall–Kier alpha value is -3.21. The van der Waals surface area contributed by atoms with Gasteiger partial charge in [-0.2, -0.15) is 4.90 Å². The van der Waals surface area contributed by atoms with Gasteiger partial charge in [0.15, 0.2) is 6.04 Å². The molecule has 1 aliphatic heterocycles. The number of imide groups is 1. The Morgan fingerprint density at radius 3 is 2.12 bits per heavy atom. The van der Waals surface area contributed by atoms with Crippen molar-refractivity contribution >= 4 is 29.9 Å². The first-order chi connectivity index (χ1) is 14.7. The minimum Gasteiger partial charge on any atom is -0.467 e. The Bertz CT molecular complexity index is 861. The van der Waals surface area contributed by atoms with Gasteiger partial charge < -0.3 is 19.5 Å². The van der Waals surface area contributed by atoms with Gasteiger partial charge in [-0.25, -0.2) is 19.4 Å². The zero-order valence-corrected chi connectivity index (χ0v) is 19.3. The van der Waals surface area contributed by atoms with E-state index in [2.05, 4.69) is 20.4 Å². The number of carbonyl (C=O) groups excluding carboxylic acids is 4. The lowest BCUT2D eigenvalue weighted by Gasteiger charge is -2.35. The molecule has 11 nitrogen and oxygen atoms in total. The van der Waals surface area contributed by atoms with E-state index >= 15 is 0 Å². The van der Waals surface area contributed by atoms with Gasteiger partial charge in [-0.15, -0.1) is 0 Å². The fourth-order valence-corrected chi connectivity index (χ4v) is 2.71. The monoisotopic (exact) mass is 450 g/mol. The maximum atomic E-state index is 12.8. The molecule has 2 rings (SSSR count). The van der Waals surface area contributed by atoms with Gasteiger partial charge in [-0.05, 0) is 59.2 Å². The van der Waals surface area contributed by atoms with Crippen molar-refractivity contribution in [1.29, 1.82) is 0 Å². The van der Waals surface area contributed by atoms with Crippen LogP contribution in [0.3, 0.4) is 0 Å². The number of carbonyl (C=O) groups is 4. The third-order valence-corrected chi connectivity index (χ3v) is 4.09. The Morgan fingerprint density at radius 1 is 1.09 bits per heavy atom. The second-order valence-corrected chi connectivity index (χ2v) is 9.19. The van der Waals surface area contributed by atoms with E-state index in [1.54, 1.807) is 47.6 Å². The van der Waals surface area contributed by atoms with Crippen LogP contribution >= 0.6 is 0 Å². The van der Waals surface area contributed by atoms with E-state index in [4.69, 9.17) is 9.47 Å². The molecule has 0 bridgehead atoms. The number of rotatable bonds is 5. The molecule has 0 aliphatic carbocycles. The summed E-state index contributed by atoms with van der Waals surface area (Å²) in [5, 5.41) is 5.42. The number of hydrogen-bond acceptors (Lipinski definition) is 9. The van der Waals surface area contributed by atoms with Crippen LogP contribution in [0.2, 0.25) is 0 Å². The largest absolute Gasteiger partial charge is 0.467 e. The molecule has 0 aromatic carbocycles. The molecule has 0 saturated carbocycles. The lowest BCUT2D eigenvalue weighted by molar-refractivity contribution is -0.153. The average Bonchev–Trinajstić information content (AvgIpc) is 2.63. The number of nitrogens with one attached hydrogen (secondary N) is 2. The second-order valence-electron chi connectivity index (χ2n) is 9.19. The molecule has 2 atom stereocenters. The highest BCUT2D eigenvalue weighted by molar-refractivity contribution is 6.08. The molecule has 0 radical (unpaired) electrons. The summed E-state index contributed by atoms with van der Waals surface area (Å²) in [6, 6.07) is 1.59. The van der Waals surface area contributed by atoms with Crippen molar-refractivity contribution in [2.45, 2.75) is 71.4 Å². The van der Waals surface area contributed by atoms with Crippen LogP contribution < -0.4 is 15.5 Å². The van der Waals surface area contributed by atoms with Crippen molar-refractivity contribution in [2.24, 2.45) is 0 Å². The zero-order valence-electron chi connectivity index (χ0n) is 19.3. The fraction of sp³-hybridized carbons (Fsp3) is 0.571. The van der Waals surface area contributed by atoms with Gasteiger partial charge in [0, 0.05) is 12.7 Å². The summed E-state index contributed by atoms with van der Waals surface area (Å²) in [7, 11) is 1.24. The lowest BCUT2D eigenvalue weighted by atomic mass is 9.99. The van der Waals surface area contributed by atoms with E-state index in [1.807, 2.05) is 0 Å². The van der Waals surface area contributed by atoms with Crippen LogP contribution in [-0.2, 0) is 30.3 Å². The molecule has 0 spiro atoms. The Morgan fingerprint density at radius 2 is 1.66 bits per heavy atom. The number of ether oxygens (including phenoxy) is 3. The summed E-state index contributed by atoms with van der Waals surface area (Å²) >= 11 is 0. The molecule has 1 aliphatic rings. The zero-order chi connectivity index (χ0) is 24.3. The SMILES string of the molecule is COC(=O)C1NC(=O)C1NCc1ccnc(N(C(=O)OC(C)(C)C)C(=O)OC(C)(C)C)c1. The summed E-state index contributed by atoms with van der Waals surface area (Å²) in [5.74, 6) is -0.896. The molecule has 2 unspecified atom stereocenters. The van der Waals surface area contributed by atoms with Crippen molar-refractivity contribution in [1.82, 2.24) is 15.6 Å². The summed E-state index contributed by atoms with van der Waals surface area (Å²) in [5.41, 5.74) is -1.09. The Balaban J connectivity index is 2.22. The van der Waals surface area contributed by atoms with Crippen LogP contribution in [-0.4, -0.2) is 59.4 Å². The first-order valence-electron chi connectivity index (χ1n) is 10.0. The maximum absolute atomic E-state index is 12.8. The van der Waals surface area contributed by atoms with Gasteiger partial charge in [0.25, 0.3) is 0 Å². The molecular formula is C21H30N4O7. The van der Waals surface area contributed by atoms with Gasteiger partial charge >= 0.3 is 18.2 Å². The highest BCUT2D eigenvalue weighted by Crippen LogP contribution is 2.21. The minimum absolute atomic E-state index is 0.00428. The minimum atomic E-state index is -0.937. The summed E-state index contributed by atoms with van der Waals surface area (Å²) in [6.07, 6.45) is -0.464. The van der Waals surface area contributed by atoms with Gasteiger partial charge in [0.2, 0.25) is 5.91 Å². The molecule has 176 valence electrons. The van der Waals surface area contributed by atoms with E-state index in [1.165, 1.54) is 19.4 Å². The predicted octanol–water partition coefficient (Wildman–Crippen LogP) is 1.89. The van der Waals surface area contributed by atoms with Crippen LogP contribution in [0.4, 0.5) is 15.4 Å². The standard InChI is InChI=1S/C21H30N4O7/c1-20(2,3)31-18(28)25(19(29)32-21(4,5)6)13-10-12(8-9-22-13)11-23-14-15(17(27)30-7)24-16(14)26/h8-10,14-15,23H,11H2,1-7H3,(H,24,26). The Labute approximate surface area is 186 Å². The lowest BCUT2D eigenvalue weighted by Crippen LogP contribution is -2.71. The van der Waals surface area contributed by atoms with E-state index in [9.17, 15) is 19.2 Å². The van der Waals surface area contributed by atoms with Crippen LogP contribution in [0.25, 0.3) is 0 Å². The molecule has 3 amide bonds. The molecule has 1 aromatic rings. The van der Waals surface area contributed by atoms with Crippen LogP contribution in [0.1, 0.15) is 47.1 Å². The number of methoxy groups -OCH3 is 1. The van der Waals surface area contributed by atoms with Crippen LogP contribution in [0.15, 0.2) is 18.3 Å². The van der Waals surface area contributed by atoms with Crippen molar-refractivity contribution in [2.75, 3.05) is 12.0 Å². The van der Waals surface area contributed by atoms with Crippen molar-refractivity contribution in [3.63, 3.8) is 0 Å². The highest BCUT2D eigenvalue weighted by Gasteiger charge is 2.44. The first-order valence-corrected chi connectivity index (χ1v) is 10.0. The predicted molar refractivity (Wildman–Crippen MR) is 114 cm³/mol. The third kappa shape index (κ3) is 6.64. The fourth-order valence-electron chi connectivity index (χ4n) is 2.71. The number of nitrogens with zero attached hydrogens (tertiary/aromatic N) is 2. The molecule has 11 heteroatoms. The first kappa shape index (κ1) is 25.1. The molecular weight excluding hydrogens is 420 g/mol. The van der Waals surface area contributed by atoms with Gasteiger partial charge in [0.05, 0.1) is 7.11 Å². The number of esters is 1. The van der Waals surface area contributed by atoms with E-state index < -0.39 is 41.4 Å². The average molecular weight is 450 g/mol. The summed E-state index contributed by atoms with van der Waals surface area (Å²) < 4.78 is 15.3. The summed E-state index contributed by atoms with van der Waals surface area (Å²) in [4.78, 5) is 53.8. The third-order valence-electron chi connectivity index (χ3n) is 4.09. The summed E-state index contributed by atoms with van der Waals surface area (Å²) in [6.45, 7) is 10.2. The smallest absolute Gasteiger partial charge is 0.425 e. The van der Waals surface area contributed by atoms with Crippen LogP contribution in [0, 0.1) is 0 Å².